The number of benzene rings is 1. The summed E-state index contributed by atoms with van der Waals surface area (Å²) in [6.07, 6.45) is 1.04. The molecule has 23 heavy (non-hydrogen) atoms. The summed E-state index contributed by atoms with van der Waals surface area (Å²) < 4.78 is 28.7. The van der Waals surface area contributed by atoms with Crippen molar-refractivity contribution in [1.29, 1.82) is 0 Å². The van der Waals surface area contributed by atoms with E-state index in [0.29, 0.717) is 11.4 Å². The molecular formula is C13H20N4O5S. The molecule has 0 saturated carbocycles. The van der Waals surface area contributed by atoms with Gasteiger partial charge in [0.2, 0.25) is 15.9 Å². The van der Waals surface area contributed by atoms with Crippen LogP contribution < -0.4 is 20.7 Å². The average molecular weight is 344 g/mol. The molecule has 0 radical (unpaired) electrons. The molecule has 0 aliphatic carbocycles. The second-order valence-corrected chi connectivity index (χ2v) is 6.44. The van der Waals surface area contributed by atoms with E-state index in [1.807, 2.05) is 0 Å². The number of ether oxygens (including phenoxy) is 1. The maximum Gasteiger partial charge on any atom is 0.319 e. The number of hydrogen-bond donors (Lipinski definition) is 4. The highest BCUT2D eigenvalue weighted by Gasteiger charge is 2.05. The van der Waals surface area contributed by atoms with Gasteiger partial charge >= 0.3 is 6.03 Å². The number of amides is 3. The number of anilines is 2. The molecular weight excluding hydrogens is 324 g/mol. The number of methoxy groups -OCH3 is 1. The van der Waals surface area contributed by atoms with Gasteiger partial charge in [-0.15, -0.1) is 0 Å². The SMILES string of the molecule is COCC(=O)Nc1cccc(NC(=O)NCCNS(C)(=O)=O)c1. The van der Waals surface area contributed by atoms with Crippen LogP contribution in [0, 0.1) is 0 Å². The van der Waals surface area contributed by atoms with E-state index in [2.05, 4.69) is 20.7 Å². The molecule has 10 heteroatoms. The highest BCUT2D eigenvalue weighted by molar-refractivity contribution is 7.88. The molecule has 0 fully saturated rings. The molecule has 1 aromatic rings. The Morgan fingerprint density at radius 1 is 1.13 bits per heavy atom. The third-order valence-corrected chi connectivity index (χ3v) is 3.18. The Morgan fingerprint density at radius 2 is 1.78 bits per heavy atom. The van der Waals surface area contributed by atoms with Crippen molar-refractivity contribution in [2.45, 2.75) is 0 Å². The molecule has 1 aromatic carbocycles. The van der Waals surface area contributed by atoms with E-state index in [1.54, 1.807) is 24.3 Å². The van der Waals surface area contributed by atoms with Crippen molar-refractivity contribution in [1.82, 2.24) is 10.0 Å². The standard InChI is InChI=1S/C13H20N4O5S/c1-22-9-12(18)16-10-4-3-5-11(8-10)17-13(19)14-6-7-15-23(2,20)21/h3-5,8,15H,6-7,9H2,1-2H3,(H,16,18)(H2,14,17,19). The maximum atomic E-state index is 11.7. The Balaban J connectivity index is 2.44. The second kappa shape index (κ2) is 9.08. The number of hydrogen-bond acceptors (Lipinski definition) is 5. The summed E-state index contributed by atoms with van der Waals surface area (Å²) in [5.41, 5.74) is 0.998. The number of sulfonamides is 1. The van der Waals surface area contributed by atoms with E-state index >= 15 is 0 Å². The molecule has 0 unspecified atom stereocenters. The van der Waals surface area contributed by atoms with Crippen LogP contribution in [0.4, 0.5) is 16.2 Å². The van der Waals surface area contributed by atoms with Crippen LogP contribution >= 0.6 is 0 Å². The lowest BCUT2D eigenvalue weighted by Gasteiger charge is -2.10. The highest BCUT2D eigenvalue weighted by Crippen LogP contribution is 2.14. The van der Waals surface area contributed by atoms with E-state index < -0.39 is 16.1 Å². The Morgan fingerprint density at radius 3 is 2.39 bits per heavy atom. The summed E-state index contributed by atoms with van der Waals surface area (Å²) in [5, 5.41) is 7.69. The molecule has 3 amide bonds. The van der Waals surface area contributed by atoms with Crippen molar-refractivity contribution < 1.29 is 22.7 Å². The lowest BCUT2D eigenvalue weighted by atomic mass is 10.2. The van der Waals surface area contributed by atoms with Gasteiger partial charge in [0, 0.05) is 31.6 Å². The van der Waals surface area contributed by atoms with Crippen LogP contribution in [0.1, 0.15) is 0 Å². The molecule has 0 bridgehead atoms. The van der Waals surface area contributed by atoms with Crippen molar-refractivity contribution in [3.63, 3.8) is 0 Å². The summed E-state index contributed by atoms with van der Waals surface area (Å²) in [5.74, 6) is -0.305. The number of carbonyl (C=O) groups is 2. The first-order valence-corrected chi connectivity index (χ1v) is 8.57. The van der Waals surface area contributed by atoms with Gasteiger partial charge in [-0.3, -0.25) is 4.79 Å². The van der Waals surface area contributed by atoms with Gasteiger partial charge in [-0.25, -0.2) is 17.9 Å². The third-order valence-electron chi connectivity index (χ3n) is 2.45. The van der Waals surface area contributed by atoms with E-state index in [-0.39, 0.29) is 25.6 Å². The molecule has 0 aliphatic rings. The van der Waals surface area contributed by atoms with Crippen molar-refractivity contribution in [3.05, 3.63) is 24.3 Å². The van der Waals surface area contributed by atoms with Crippen LogP contribution in [0.3, 0.4) is 0 Å². The minimum absolute atomic E-state index is 0.0640. The molecule has 0 aromatic heterocycles. The zero-order chi connectivity index (χ0) is 17.3. The molecule has 4 N–H and O–H groups in total. The van der Waals surface area contributed by atoms with Gasteiger partial charge in [-0.2, -0.15) is 0 Å². The molecule has 9 nitrogen and oxygen atoms in total. The minimum atomic E-state index is -3.28. The van der Waals surface area contributed by atoms with Crippen molar-refractivity contribution in [2.75, 3.05) is 43.7 Å². The molecule has 0 heterocycles. The number of urea groups is 1. The Hall–Kier alpha value is -2.17. The van der Waals surface area contributed by atoms with E-state index in [1.165, 1.54) is 7.11 Å². The monoisotopic (exact) mass is 344 g/mol. The van der Waals surface area contributed by atoms with Crippen LogP contribution in [-0.2, 0) is 19.6 Å². The first-order chi connectivity index (χ1) is 10.8. The summed E-state index contributed by atoms with van der Waals surface area (Å²) in [7, 11) is -1.86. The highest BCUT2D eigenvalue weighted by atomic mass is 32.2. The molecule has 0 saturated heterocycles. The van der Waals surface area contributed by atoms with Crippen LogP contribution in [0.2, 0.25) is 0 Å². The fraction of sp³-hybridized carbons (Fsp3) is 0.385. The van der Waals surface area contributed by atoms with Gasteiger partial charge in [0.15, 0.2) is 0 Å². The van der Waals surface area contributed by atoms with Crippen LogP contribution in [0.5, 0.6) is 0 Å². The number of rotatable bonds is 8. The molecule has 0 spiro atoms. The van der Waals surface area contributed by atoms with Gasteiger partial charge in [-0.05, 0) is 18.2 Å². The fourth-order valence-corrected chi connectivity index (χ4v) is 2.06. The van der Waals surface area contributed by atoms with Crippen LogP contribution in [0.25, 0.3) is 0 Å². The van der Waals surface area contributed by atoms with Crippen LogP contribution in [-0.4, -0.2) is 53.4 Å². The number of carbonyl (C=O) groups excluding carboxylic acids is 2. The first-order valence-electron chi connectivity index (χ1n) is 6.68. The van der Waals surface area contributed by atoms with E-state index in [9.17, 15) is 18.0 Å². The Labute approximate surface area is 134 Å². The largest absolute Gasteiger partial charge is 0.375 e. The molecule has 0 atom stereocenters. The minimum Gasteiger partial charge on any atom is -0.375 e. The predicted molar refractivity (Wildman–Crippen MR) is 86.8 cm³/mol. The van der Waals surface area contributed by atoms with Crippen LogP contribution in [0.15, 0.2) is 24.3 Å². The zero-order valence-electron chi connectivity index (χ0n) is 12.9. The Bertz CT molecular complexity index is 648. The van der Waals surface area contributed by atoms with E-state index in [0.717, 1.165) is 6.26 Å². The lowest BCUT2D eigenvalue weighted by molar-refractivity contribution is -0.119. The number of nitrogens with one attached hydrogen (secondary N) is 4. The van der Waals surface area contributed by atoms with Gasteiger partial charge in [-0.1, -0.05) is 6.07 Å². The summed E-state index contributed by atoms with van der Waals surface area (Å²) in [6.45, 7) is 0.175. The average Bonchev–Trinajstić information content (AvgIpc) is 2.43. The van der Waals surface area contributed by atoms with Crippen molar-refractivity contribution in [3.8, 4) is 0 Å². The smallest absolute Gasteiger partial charge is 0.319 e. The quantitative estimate of drug-likeness (QED) is 0.492. The fourth-order valence-electron chi connectivity index (χ4n) is 1.59. The molecule has 0 aliphatic heterocycles. The van der Waals surface area contributed by atoms with Gasteiger partial charge in [0.05, 0.1) is 6.26 Å². The topological polar surface area (TPSA) is 126 Å². The zero-order valence-corrected chi connectivity index (χ0v) is 13.7. The van der Waals surface area contributed by atoms with Crippen molar-refractivity contribution >= 4 is 33.3 Å². The second-order valence-electron chi connectivity index (χ2n) is 4.61. The molecule has 128 valence electrons. The first kappa shape index (κ1) is 18.9. The van der Waals surface area contributed by atoms with Crippen molar-refractivity contribution in [2.24, 2.45) is 0 Å². The summed E-state index contributed by atoms with van der Waals surface area (Å²) >= 11 is 0. The molecule has 1 rings (SSSR count). The lowest BCUT2D eigenvalue weighted by Crippen LogP contribution is -2.36. The van der Waals surface area contributed by atoms with Gasteiger partial charge in [0.1, 0.15) is 6.61 Å². The summed E-state index contributed by atoms with van der Waals surface area (Å²) in [6, 6.07) is 6.10. The third kappa shape index (κ3) is 8.76. The normalized spacial score (nSPS) is 10.9. The Kier molecular flexibility index (Phi) is 7.45. The van der Waals surface area contributed by atoms with Gasteiger partial charge < -0.3 is 20.7 Å². The maximum absolute atomic E-state index is 11.7. The van der Waals surface area contributed by atoms with E-state index in [4.69, 9.17) is 4.74 Å². The van der Waals surface area contributed by atoms with Gasteiger partial charge in [0.25, 0.3) is 0 Å². The predicted octanol–water partition coefficient (Wildman–Crippen LogP) is -0.0578. The summed E-state index contributed by atoms with van der Waals surface area (Å²) in [4.78, 5) is 23.1.